The molecule has 0 aliphatic carbocycles. The summed E-state index contributed by atoms with van der Waals surface area (Å²) in [6, 6.07) is 10.5. The van der Waals surface area contributed by atoms with Gasteiger partial charge in [-0.3, -0.25) is 5.32 Å². The summed E-state index contributed by atoms with van der Waals surface area (Å²) in [5.41, 5.74) is 0.574. The van der Waals surface area contributed by atoms with E-state index in [0.717, 1.165) is 5.39 Å². The number of ether oxygens (including phenoxy) is 3. The van der Waals surface area contributed by atoms with Crippen LogP contribution < -0.4 is 10.1 Å². The van der Waals surface area contributed by atoms with Gasteiger partial charge >= 0.3 is 12.2 Å². The van der Waals surface area contributed by atoms with Crippen molar-refractivity contribution in [3.05, 3.63) is 36.4 Å². The first kappa shape index (κ1) is 15.6. The number of fused-ring (bicyclic) bond motifs is 1. The van der Waals surface area contributed by atoms with Gasteiger partial charge in [0.25, 0.3) is 0 Å². The summed E-state index contributed by atoms with van der Waals surface area (Å²) in [7, 11) is 0. The molecule has 0 aliphatic heterocycles. The number of amides is 1. The molecular formula is C16H17NO5. The summed E-state index contributed by atoms with van der Waals surface area (Å²) in [5, 5.41) is 4.08. The lowest BCUT2D eigenvalue weighted by atomic mass is 10.1. The number of carbonyl (C=O) groups is 2. The highest BCUT2D eigenvalue weighted by Crippen LogP contribution is 2.31. The Morgan fingerprint density at radius 3 is 2.36 bits per heavy atom. The molecule has 0 fully saturated rings. The van der Waals surface area contributed by atoms with Gasteiger partial charge in [-0.1, -0.05) is 24.3 Å². The number of hydrogen-bond donors (Lipinski definition) is 1. The average molecular weight is 303 g/mol. The molecule has 1 amide bonds. The predicted octanol–water partition coefficient (Wildman–Crippen LogP) is 3.94. The van der Waals surface area contributed by atoms with E-state index in [0.29, 0.717) is 16.8 Å². The van der Waals surface area contributed by atoms with Crippen LogP contribution in [0.1, 0.15) is 13.8 Å². The van der Waals surface area contributed by atoms with Crippen LogP contribution in [-0.4, -0.2) is 25.5 Å². The summed E-state index contributed by atoms with van der Waals surface area (Å²) in [6.07, 6.45) is -1.30. The van der Waals surface area contributed by atoms with Gasteiger partial charge in [0, 0.05) is 10.8 Å². The van der Waals surface area contributed by atoms with E-state index >= 15 is 0 Å². The molecule has 0 heterocycles. The van der Waals surface area contributed by atoms with Crippen molar-refractivity contribution >= 4 is 28.7 Å². The van der Waals surface area contributed by atoms with Crippen LogP contribution in [0.15, 0.2) is 36.4 Å². The largest absolute Gasteiger partial charge is 0.513 e. The number of carbonyl (C=O) groups excluding carboxylic acids is 2. The van der Waals surface area contributed by atoms with Crippen molar-refractivity contribution < 1.29 is 23.8 Å². The van der Waals surface area contributed by atoms with Crippen LogP contribution in [0.4, 0.5) is 15.3 Å². The first-order valence-electron chi connectivity index (χ1n) is 6.95. The van der Waals surface area contributed by atoms with Crippen molar-refractivity contribution in [3.8, 4) is 5.75 Å². The second kappa shape index (κ2) is 7.31. The molecule has 2 aromatic carbocycles. The Kier molecular flexibility index (Phi) is 5.19. The van der Waals surface area contributed by atoms with E-state index in [1.807, 2.05) is 6.07 Å². The molecule has 0 aliphatic rings. The molecule has 22 heavy (non-hydrogen) atoms. The molecular weight excluding hydrogens is 286 g/mol. The van der Waals surface area contributed by atoms with Crippen LogP contribution in [-0.2, 0) is 9.47 Å². The van der Waals surface area contributed by atoms with E-state index in [4.69, 9.17) is 14.2 Å². The van der Waals surface area contributed by atoms with Gasteiger partial charge in [-0.2, -0.15) is 0 Å². The molecule has 0 radical (unpaired) electrons. The van der Waals surface area contributed by atoms with Crippen molar-refractivity contribution in [2.24, 2.45) is 0 Å². The summed E-state index contributed by atoms with van der Waals surface area (Å²) < 4.78 is 14.8. The number of benzene rings is 2. The van der Waals surface area contributed by atoms with Crippen LogP contribution in [0.3, 0.4) is 0 Å². The standard InChI is InChI=1S/C16H17NO5/c1-3-20-15(18)17-13-9-5-8-12-11(13)7-6-10-14(12)22-16(19)21-4-2/h5-10H,3-4H2,1-2H3,(H,17,18). The molecule has 0 atom stereocenters. The van der Waals surface area contributed by atoms with E-state index in [1.165, 1.54) is 0 Å². The van der Waals surface area contributed by atoms with Crippen molar-refractivity contribution in [1.82, 2.24) is 0 Å². The van der Waals surface area contributed by atoms with Gasteiger partial charge in [0.2, 0.25) is 0 Å². The molecule has 0 saturated carbocycles. The summed E-state index contributed by atoms with van der Waals surface area (Å²) in [5.74, 6) is 0.364. The van der Waals surface area contributed by atoms with Gasteiger partial charge in [-0.05, 0) is 26.0 Å². The quantitative estimate of drug-likeness (QED) is 0.684. The van der Waals surface area contributed by atoms with E-state index < -0.39 is 12.2 Å². The fraction of sp³-hybridized carbons (Fsp3) is 0.250. The minimum atomic E-state index is -0.765. The first-order chi connectivity index (χ1) is 10.7. The van der Waals surface area contributed by atoms with E-state index in [-0.39, 0.29) is 13.2 Å². The molecule has 0 spiro atoms. The Balaban J connectivity index is 2.33. The zero-order valence-corrected chi connectivity index (χ0v) is 12.4. The van der Waals surface area contributed by atoms with Gasteiger partial charge in [0.15, 0.2) is 0 Å². The third-order valence-corrected chi connectivity index (χ3v) is 2.85. The SMILES string of the molecule is CCOC(=O)Nc1cccc2c(OC(=O)OCC)cccc12. The van der Waals surface area contributed by atoms with Crippen molar-refractivity contribution in [2.45, 2.75) is 13.8 Å². The molecule has 1 N–H and O–H groups in total. The fourth-order valence-corrected chi connectivity index (χ4v) is 1.99. The van der Waals surface area contributed by atoms with Crippen LogP contribution >= 0.6 is 0 Å². The third kappa shape index (κ3) is 3.66. The van der Waals surface area contributed by atoms with Crippen molar-refractivity contribution in [1.29, 1.82) is 0 Å². The Morgan fingerprint density at radius 1 is 0.955 bits per heavy atom. The summed E-state index contributed by atoms with van der Waals surface area (Å²) >= 11 is 0. The van der Waals surface area contributed by atoms with Gasteiger partial charge in [0.05, 0.1) is 18.9 Å². The van der Waals surface area contributed by atoms with Crippen molar-refractivity contribution in [3.63, 3.8) is 0 Å². The lowest BCUT2D eigenvalue weighted by Crippen LogP contribution is -2.13. The number of anilines is 1. The number of nitrogens with one attached hydrogen (secondary N) is 1. The molecule has 0 saturated heterocycles. The molecule has 6 heteroatoms. The van der Waals surface area contributed by atoms with Gasteiger partial charge < -0.3 is 14.2 Å². The maximum Gasteiger partial charge on any atom is 0.513 e. The molecule has 2 aromatic rings. The molecule has 0 aromatic heterocycles. The normalized spacial score (nSPS) is 10.1. The molecule has 2 rings (SSSR count). The van der Waals surface area contributed by atoms with Gasteiger partial charge in [0.1, 0.15) is 5.75 Å². The zero-order valence-electron chi connectivity index (χ0n) is 12.4. The highest BCUT2D eigenvalue weighted by molar-refractivity contribution is 6.02. The lowest BCUT2D eigenvalue weighted by Gasteiger charge is -2.11. The van der Waals surface area contributed by atoms with Crippen LogP contribution in [0.5, 0.6) is 5.75 Å². The number of rotatable bonds is 4. The lowest BCUT2D eigenvalue weighted by molar-refractivity contribution is 0.105. The molecule has 0 unspecified atom stereocenters. The van der Waals surface area contributed by atoms with Crippen LogP contribution in [0.25, 0.3) is 10.8 Å². The summed E-state index contributed by atoms with van der Waals surface area (Å²) in [4.78, 5) is 23.0. The van der Waals surface area contributed by atoms with E-state index in [9.17, 15) is 9.59 Å². The zero-order chi connectivity index (χ0) is 15.9. The topological polar surface area (TPSA) is 73.9 Å². The second-order valence-electron chi connectivity index (χ2n) is 4.29. The Labute approximate surface area is 128 Å². The van der Waals surface area contributed by atoms with Crippen molar-refractivity contribution in [2.75, 3.05) is 18.5 Å². The highest BCUT2D eigenvalue weighted by atomic mass is 16.7. The highest BCUT2D eigenvalue weighted by Gasteiger charge is 2.12. The maximum absolute atomic E-state index is 11.6. The average Bonchev–Trinajstić information content (AvgIpc) is 2.48. The maximum atomic E-state index is 11.6. The van der Waals surface area contributed by atoms with Crippen LogP contribution in [0.2, 0.25) is 0 Å². The smallest absolute Gasteiger partial charge is 0.450 e. The van der Waals surface area contributed by atoms with Crippen LogP contribution in [0, 0.1) is 0 Å². The first-order valence-corrected chi connectivity index (χ1v) is 6.95. The number of hydrogen-bond acceptors (Lipinski definition) is 5. The minimum absolute atomic E-state index is 0.235. The summed E-state index contributed by atoms with van der Waals surface area (Å²) in [6.45, 7) is 3.95. The Morgan fingerprint density at radius 2 is 1.64 bits per heavy atom. The second-order valence-corrected chi connectivity index (χ2v) is 4.29. The molecule has 6 nitrogen and oxygen atoms in total. The Bertz CT molecular complexity index is 624. The monoisotopic (exact) mass is 303 g/mol. The third-order valence-electron chi connectivity index (χ3n) is 2.85. The van der Waals surface area contributed by atoms with Gasteiger partial charge in [-0.15, -0.1) is 0 Å². The Hall–Kier alpha value is -2.76. The molecule has 0 bridgehead atoms. The predicted molar refractivity (Wildman–Crippen MR) is 82.2 cm³/mol. The van der Waals surface area contributed by atoms with E-state index in [2.05, 4.69) is 5.32 Å². The van der Waals surface area contributed by atoms with Gasteiger partial charge in [-0.25, -0.2) is 9.59 Å². The molecule has 116 valence electrons. The fourth-order valence-electron chi connectivity index (χ4n) is 1.99. The van der Waals surface area contributed by atoms with E-state index in [1.54, 1.807) is 44.2 Å². The minimum Gasteiger partial charge on any atom is -0.450 e.